The summed E-state index contributed by atoms with van der Waals surface area (Å²) in [6.45, 7) is 8.93. The van der Waals surface area contributed by atoms with Gasteiger partial charge in [-0.05, 0) is 25.8 Å². The molecule has 1 atom stereocenters. The minimum Gasteiger partial charge on any atom is -0.379 e. The van der Waals surface area contributed by atoms with Crippen LogP contribution in [0.4, 0.5) is 0 Å². The molecule has 0 aliphatic carbocycles. The van der Waals surface area contributed by atoms with Crippen LogP contribution >= 0.6 is 23.1 Å². The van der Waals surface area contributed by atoms with Gasteiger partial charge in [-0.15, -0.1) is 11.3 Å². The van der Waals surface area contributed by atoms with Crippen molar-refractivity contribution in [3.05, 3.63) is 34.6 Å². The van der Waals surface area contributed by atoms with Crippen molar-refractivity contribution in [3.63, 3.8) is 0 Å². The van der Waals surface area contributed by atoms with E-state index in [1.807, 2.05) is 38.1 Å². The maximum absolute atomic E-state index is 13.5. The number of amides is 1. The number of nitrogens with one attached hydrogen (secondary N) is 1. The largest absolute Gasteiger partial charge is 0.379 e. The lowest BCUT2D eigenvalue weighted by Crippen LogP contribution is -2.37. The molecule has 3 heterocycles. The third-order valence-corrected chi connectivity index (χ3v) is 7.88. The maximum atomic E-state index is 13.5. The Bertz CT molecular complexity index is 1140. The molecule has 1 amide bonds. The molecule has 0 spiro atoms. The Labute approximate surface area is 196 Å². The molecule has 32 heavy (non-hydrogen) atoms. The smallest absolute Gasteiger partial charge is 0.272 e. The molecule has 9 heteroatoms. The van der Waals surface area contributed by atoms with Crippen molar-refractivity contribution in [2.45, 2.75) is 44.4 Å². The average Bonchev–Trinajstić information content (AvgIpc) is 3.19. The number of ether oxygens (including phenoxy) is 1. The Hall–Kier alpha value is -1.94. The molecular formula is C23H30N4O3S2. The van der Waals surface area contributed by atoms with Gasteiger partial charge >= 0.3 is 0 Å². The maximum Gasteiger partial charge on any atom is 0.272 e. The topological polar surface area (TPSA) is 76.5 Å². The fourth-order valence-electron chi connectivity index (χ4n) is 3.79. The number of fused-ring (bicyclic) bond motifs is 3. The molecule has 1 saturated heterocycles. The van der Waals surface area contributed by atoms with Gasteiger partial charge in [-0.2, -0.15) is 0 Å². The van der Waals surface area contributed by atoms with Gasteiger partial charge in [-0.3, -0.25) is 19.1 Å². The highest BCUT2D eigenvalue weighted by molar-refractivity contribution is 7.99. The summed E-state index contributed by atoms with van der Waals surface area (Å²) in [7, 11) is 0. The highest BCUT2D eigenvalue weighted by atomic mass is 32.2. The number of thioether (sulfide) groups is 1. The normalized spacial score (nSPS) is 15.9. The van der Waals surface area contributed by atoms with Gasteiger partial charge in [-0.25, -0.2) is 4.98 Å². The van der Waals surface area contributed by atoms with Crippen molar-refractivity contribution < 1.29 is 9.53 Å². The molecule has 172 valence electrons. The number of rotatable bonds is 9. The highest BCUT2D eigenvalue weighted by Crippen LogP contribution is 2.31. The van der Waals surface area contributed by atoms with Crippen LogP contribution in [-0.4, -0.2) is 65.0 Å². The van der Waals surface area contributed by atoms with E-state index in [9.17, 15) is 9.59 Å². The van der Waals surface area contributed by atoms with E-state index >= 15 is 0 Å². The van der Waals surface area contributed by atoms with Crippen LogP contribution in [0.15, 0.2) is 34.2 Å². The summed E-state index contributed by atoms with van der Waals surface area (Å²) in [6, 6.07) is 8.11. The molecule has 7 nitrogen and oxygen atoms in total. The third-order valence-electron chi connectivity index (χ3n) is 5.76. The van der Waals surface area contributed by atoms with E-state index in [4.69, 9.17) is 9.72 Å². The molecule has 0 saturated carbocycles. The zero-order chi connectivity index (χ0) is 22.5. The number of aromatic nitrogens is 2. The Morgan fingerprint density at radius 2 is 2.06 bits per heavy atom. The SMILES string of the molecule is CC[C@H](C)NC(=O)CSc1nc2c(sc3ccccc32)c(=O)n1CCCN1CCOCC1. The molecule has 2 aromatic heterocycles. The van der Waals surface area contributed by atoms with Gasteiger partial charge < -0.3 is 10.1 Å². The third kappa shape index (κ3) is 5.33. The second kappa shape index (κ2) is 10.8. The molecular weight excluding hydrogens is 444 g/mol. The second-order valence-electron chi connectivity index (χ2n) is 8.10. The van der Waals surface area contributed by atoms with Gasteiger partial charge in [0.15, 0.2) is 5.16 Å². The standard InChI is InChI=1S/C23H30N4O3S2/c1-3-16(2)24-19(28)15-31-23-25-20-17-7-4-5-8-18(17)32-21(20)22(29)27(23)10-6-9-26-11-13-30-14-12-26/h4-5,7-8,16H,3,6,9-15H2,1-2H3,(H,24,28)/t16-/m0/s1. The van der Waals surface area contributed by atoms with Crippen LogP contribution in [0.1, 0.15) is 26.7 Å². The van der Waals surface area contributed by atoms with Crippen LogP contribution in [0.3, 0.4) is 0 Å². The van der Waals surface area contributed by atoms with E-state index in [0.717, 1.165) is 61.3 Å². The molecule has 1 fully saturated rings. The molecule has 1 aromatic carbocycles. The Morgan fingerprint density at radius 3 is 2.84 bits per heavy atom. The Kier molecular flexibility index (Phi) is 7.83. The predicted molar refractivity (Wildman–Crippen MR) is 132 cm³/mol. The second-order valence-corrected chi connectivity index (χ2v) is 10.1. The minimum absolute atomic E-state index is 0.0111. The van der Waals surface area contributed by atoms with Crippen molar-refractivity contribution in [2.24, 2.45) is 0 Å². The van der Waals surface area contributed by atoms with E-state index in [1.165, 1.54) is 23.1 Å². The zero-order valence-electron chi connectivity index (χ0n) is 18.6. The van der Waals surface area contributed by atoms with E-state index in [-0.39, 0.29) is 23.3 Å². The fraction of sp³-hybridized carbons (Fsp3) is 0.522. The van der Waals surface area contributed by atoms with Crippen LogP contribution in [-0.2, 0) is 16.1 Å². The van der Waals surface area contributed by atoms with Crippen LogP contribution in [0.2, 0.25) is 0 Å². The van der Waals surface area contributed by atoms with Gasteiger partial charge in [0, 0.05) is 42.3 Å². The summed E-state index contributed by atoms with van der Waals surface area (Å²) in [5.41, 5.74) is 0.730. The fourth-order valence-corrected chi connectivity index (χ4v) is 5.71. The average molecular weight is 475 g/mol. The first-order chi connectivity index (χ1) is 15.6. The molecule has 1 aliphatic heterocycles. The number of hydrogen-bond acceptors (Lipinski definition) is 7. The summed E-state index contributed by atoms with van der Waals surface area (Å²) in [5, 5.41) is 4.60. The number of hydrogen-bond donors (Lipinski definition) is 1. The molecule has 1 N–H and O–H groups in total. The summed E-state index contributed by atoms with van der Waals surface area (Å²) in [6.07, 6.45) is 1.73. The van der Waals surface area contributed by atoms with Crippen LogP contribution in [0.25, 0.3) is 20.3 Å². The quantitative estimate of drug-likeness (QED) is 0.379. The summed E-state index contributed by atoms with van der Waals surface area (Å²) in [4.78, 5) is 33.1. The van der Waals surface area contributed by atoms with Gasteiger partial charge in [0.2, 0.25) is 5.91 Å². The van der Waals surface area contributed by atoms with Crippen LogP contribution in [0.5, 0.6) is 0 Å². The Morgan fingerprint density at radius 1 is 1.28 bits per heavy atom. The van der Waals surface area contributed by atoms with Crippen molar-refractivity contribution in [2.75, 3.05) is 38.6 Å². The van der Waals surface area contributed by atoms with Crippen LogP contribution in [0, 0.1) is 0 Å². The number of thiophene rings is 1. The highest BCUT2D eigenvalue weighted by Gasteiger charge is 2.18. The van der Waals surface area contributed by atoms with Gasteiger partial charge in [-0.1, -0.05) is 36.9 Å². The van der Waals surface area contributed by atoms with E-state index in [2.05, 4.69) is 10.2 Å². The number of morpholine rings is 1. The summed E-state index contributed by atoms with van der Waals surface area (Å²) in [5.74, 6) is 0.210. The first-order valence-corrected chi connectivity index (χ1v) is 13.0. The lowest BCUT2D eigenvalue weighted by molar-refractivity contribution is -0.119. The summed E-state index contributed by atoms with van der Waals surface area (Å²) < 4.78 is 8.93. The van der Waals surface area contributed by atoms with Crippen molar-refractivity contribution in [1.29, 1.82) is 0 Å². The monoisotopic (exact) mass is 474 g/mol. The molecule has 3 aromatic rings. The Balaban J connectivity index is 1.60. The molecule has 4 rings (SSSR count). The number of carbonyl (C=O) groups is 1. The van der Waals surface area contributed by atoms with E-state index in [1.54, 1.807) is 4.57 Å². The lowest BCUT2D eigenvalue weighted by atomic mass is 10.2. The summed E-state index contributed by atoms with van der Waals surface area (Å²) >= 11 is 2.84. The van der Waals surface area contributed by atoms with Gasteiger partial charge in [0.25, 0.3) is 5.56 Å². The minimum atomic E-state index is -0.0336. The first-order valence-electron chi connectivity index (χ1n) is 11.2. The molecule has 0 bridgehead atoms. The number of benzene rings is 1. The predicted octanol–water partition coefficient (Wildman–Crippen LogP) is 3.34. The van der Waals surface area contributed by atoms with E-state index in [0.29, 0.717) is 16.4 Å². The van der Waals surface area contributed by atoms with Gasteiger partial charge in [0.1, 0.15) is 4.70 Å². The van der Waals surface area contributed by atoms with Gasteiger partial charge in [0.05, 0.1) is 24.5 Å². The zero-order valence-corrected chi connectivity index (χ0v) is 20.3. The number of carbonyl (C=O) groups excluding carboxylic acids is 1. The van der Waals surface area contributed by atoms with Crippen LogP contribution < -0.4 is 10.9 Å². The van der Waals surface area contributed by atoms with E-state index < -0.39 is 0 Å². The van der Waals surface area contributed by atoms with Crippen molar-refractivity contribution in [1.82, 2.24) is 19.8 Å². The van der Waals surface area contributed by atoms with Crippen molar-refractivity contribution in [3.8, 4) is 0 Å². The molecule has 1 aliphatic rings. The molecule has 0 unspecified atom stereocenters. The molecule has 0 radical (unpaired) electrons. The lowest BCUT2D eigenvalue weighted by Gasteiger charge is -2.26. The first kappa shape index (κ1) is 23.2. The number of nitrogens with zero attached hydrogens (tertiary/aromatic N) is 3. The van der Waals surface area contributed by atoms with Crippen molar-refractivity contribution >= 4 is 49.3 Å².